The highest BCUT2D eigenvalue weighted by Crippen LogP contribution is 2.40. The van der Waals surface area contributed by atoms with E-state index < -0.39 is 5.54 Å². The Balaban J connectivity index is 2.05. The van der Waals surface area contributed by atoms with Gasteiger partial charge in [-0.15, -0.1) is 0 Å². The number of likely N-dealkylation sites (N-methyl/N-ethyl adjacent to an activating group) is 2. The van der Waals surface area contributed by atoms with E-state index in [1.807, 2.05) is 7.05 Å². The van der Waals surface area contributed by atoms with Gasteiger partial charge in [-0.1, -0.05) is 19.8 Å². The maximum atomic E-state index is 12.0. The van der Waals surface area contributed by atoms with E-state index in [0.29, 0.717) is 12.0 Å². The van der Waals surface area contributed by atoms with Crippen LogP contribution >= 0.6 is 0 Å². The van der Waals surface area contributed by atoms with Gasteiger partial charge in [-0.2, -0.15) is 0 Å². The van der Waals surface area contributed by atoms with Crippen molar-refractivity contribution in [1.82, 2.24) is 10.2 Å². The zero-order valence-electron chi connectivity index (χ0n) is 12.6. The van der Waals surface area contributed by atoms with Gasteiger partial charge in [0.1, 0.15) is 5.54 Å². The molecule has 0 spiro atoms. The first-order valence-electron chi connectivity index (χ1n) is 7.70. The fraction of sp³-hybridized carbons (Fsp3) is 0.933. The van der Waals surface area contributed by atoms with E-state index >= 15 is 0 Å². The van der Waals surface area contributed by atoms with Crippen LogP contribution in [-0.4, -0.2) is 43.0 Å². The summed E-state index contributed by atoms with van der Waals surface area (Å²) in [5.74, 6) is 0.963. The van der Waals surface area contributed by atoms with Gasteiger partial charge < -0.3 is 16.0 Å². The van der Waals surface area contributed by atoms with Crippen LogP contribution in [-0.2, 0) is 4.79 Å². The third-order valence-corrected chi connectivity index (χ3v) is 5.29. The highest BCUT2D eigenvalue weighted by Gasteiger charge is 2.50. The molecule has 3 N–H and O–H groups in total. The van der Waals surface area contributed by atoms with E-state index in [0.717, 1.165) is 25.3 Å². The van der Waals surface area contributed by atoms with E-state index in [9.17, 15) is 4.79 Å². The summed E-state index contributed by atoms with van der Waals surface area (Å²) in [6.07, 6.45) is 7.46. The molecule has 4 nitrogen and oxygen atoms in total. The third kappa shape index (κ3) is 2.95. The van der Waals surface area contributed by atoms with Gasteiger partial charge in [0.25, 0.3) is 0 Å². The minimum Gasteiger partial charge on any atom is -0.368 e. The van der Waals surface area contributed by atoms with Gasteiger partial charge in [0.2, 0.25) is 5.91 Å². The number of primary amides is 1. The lowest BCUT2D eigenvalue weighted by Gasteiger charge is -2.41. The molecule has 0 saturated heterocycles. The molecular weight excluding hydrogens is 238 g/mol. The zero-order valence-corrected chi connectivity index (χ0v) is 12.6. The van der Waals surface area contributed by atoms with Crippen LogP contribution in [0.1, 0.15) is 45.4 Å². The van der Waals surface area contributed by atoms with Gasteiger partial charge in [0.15, 0.2) is 0 Å². The number of nitrogens with one attached hydrogen (secondary N) is 1. The lowest BCUT2D eigenvalue weighted by atomic mass is 9.83. The molecule has 0 aliphatic heterocycles. The van der Waals surface area contributed by atoms with Gasteiger partial charge in [-0.25, -0.2) is 0 Å². The second kappa shape index (κ2) is 5.80. The van der Waals surface area contributed by atoms with E-state index in [4.69, 9.17) is 5.73 Å². The molecule has 2 saturated carbocycles. The molecule has 0 aromatic rings. The Kier molecular flexibility index (Phi) is 4.51. The second-order valence-corrected chi connectivity index (χ2v) is 6.60. The SMILES string of the molecule is CNC(CN(C)C1CCCCC1C)(C(N)=O)C1CC1. The molecule has 0 bridgehead atoms. The van der Waals surface area contributed by atoms with Crippen molar-refractivity contribution >= 4 is 5.91 Å². The Morgan fingerprint density at radius 3 is 2.42 bits per heavy atom. The maximum Gasteiger partial charge on any atom is 0.239 e. The molecule has 4 heteroatoms. The van der Waals surface area contributed by atoms with Crippen molar-refractivity contribution in [2.24, 2.45) is 17.6 Å². The smallest absolute Gasteiger partial charge is 0.239 e. The van der Waals surface area contributed by atoms with Crippen LogP contribution < -0.4 is 11.1 Å². The minimum atomic E-state index is -0.522. The van der Waals surface area contributed by atoms with Gasteiger partial charge in [-0.05, 0) is 51.6 Å². The van der Waals surface area contributed by atoms with Gasteiger partial charge in [-0.3, -0.25) is 4.79 Å². The molecule has 0 heterocycles. The van der Waals surface area contributed by atoms with Crippen molar-refractivity contribution in [1.29, 1.82) is 0 Å². The number of nitrogens with two attached hydrogens (primary N) is 1. The van der Waals surface area contributed by atoms with Crippen molar-refractivity contribution in [2.75, 3.05) is 20.6 Å². The zero-order chi connectivity index (χ0) is 14.0. The predicted molar refractivity (Wildman–Crippen MR) is 77.8 cm³/mol. The molecule has 2 fully saturated rings. The summed E-state index contributed by atoms with van der Waals surface area (Å²) >= 11 is 0. The summed E-state index contributed by atoms with van der Waals surface area (Å²) in [5, 5.41) is 3.25. The number of hydrogen-bond donors (Lipinski definition) is 2. The fourth-order valence-corrected chi connectivity index (χ4v) is 3.85. The number of amides is 1. The van der Waals surface area contributed by atoms with Crippen LogP contribution in [0.4, 0.5) is 0 Å². The van der Waals surface area contributed by atoms with Crippen LogP contribution in [0.5, 0.6) is 0 Å². The van der Waals surface area contributed by atoms with Crippen molar-refractivity contribution in [3.8, 4) is 0 Å². The summed E-state index contributed by atoms with van der Waals surface area (Å²) in [6.45, 7) is 3.08. The molecular formula is C15H29N3O. The van der Waals surface area contributed by atoms with Crippen LogP contribution in [0.2, 0.25) is 0 Å². The van der Waals surface area contributed by atoms with Crippen LogP contribution in [0, 0.1) is 11.8 Å². The summed E-state index contributed by atoms with van der Waals surface area (Å²) in [4.78, 5) is 14.3. The Labute approximate surface area is 117 Å². The van der Waals surface area contributed by atoms with Gasteiger partial charge in [0, 0.05) is 12.6 Å². The molecule has 0 aromatic carbocycles. The lowest BCUT2D eigenvalue weighted by molar-refractivity contribution is -0.126. The first-order chi connectivity index (χ1) is 9.01. The fourth-order valence-electron chi connectivity index (χ4n) is 3.85. The third-order valence-electron chi connectivity index (χ3n) is 5.29. The molecule has 0 radical (unpaired) electrons. The molecule has 2 aliphatic rings. The largest absolute Gasteiger partial charge is 0.368 e. The number of nitrogens with zero attached hydrogens (tertiary/aromatic N) is 1. The molecule has 2 aliphatic carbocycles. The van der Waals surface area contributed by atoms with E-state index in [-0.39, 0.29) is 5.91 Å². The first-order valence-corrected chi connectivity index (χ1v) is 7.70. The Bertz CT molecular complexity index is 329. The van der Waals surface area contributed by atoms with E-state index in [2.05, 4.69) is 24.2 Å². The Hall–Kier alpha value is -0.610. The average Bonchev–Trinajstić information content (AvgIpc) is 3.20. The summed E-state index contributed by atoms with van der Waals surface area (Å²) in [7, 11) is 4.03. The molecule has 1 amide bonds. The topological polar surface area (TPSA) is 58.4 Å². The van der Waals surface area contributed by atoms with E-state index in [1.165, 1.54) is 25.7 Å². The van der Waals surface area contributed by atoms with Crippen LogP contribution in [0.25, 0.3) is 0 Å². The highest BCUT2D eigenvalue weighted by molar-refractivity contribution is 5.86. The van der Waals surface area contributed by atoms with Crippen molar-refractivity contribution < 1.29 is 4.79 Å². The van der Waals surface area contributed by atoms with Gasteiger partial charge in [0.05, 0.1) is 0 Å². The predicted octanol–water partition coefficient (Wildman–Crippen LogP) is 1.35. The molecule has 3 atom stereocenters. The Morgan fingerprint density at radius 2 is 1.95 bits per heavy atom. The van der Waals surface area contributed by atoms with Crippen LogP contribution in [0.15, 0.2) is 0 Å². The molecule has 110 valence electrons. The first kappa shape index (κ1) is 14.8. The van der Waals surface area contributed by atoms with Crippen molar-refractivity contribution in [3.05, 3.63) is 0 Å². The number of carbonyl (C=O) groups excluding carboxylic acids is 1. The summed E-state index contributed by atoms with van der Waals surface area (Å²) in [6, 6.07) is 0.597. The normalized spacial score (nSPS) is 31.2. The lowest BCUT2D eigenvalue weighted by Crippen LogP contribution is -2.63. The van der Waals surface area contributed by atoms with Crippen molar-refractivity contribution in [2.45, 2.75) is 57.0 Å². The number of carbonyl (C=O) groups is 1. The summed E-state index contributed by atoms with van der Waals surface area (Å²) in [5.41, 5.74) is 5.19. The molecule has 0 aromatic heterocycles. The standard InChI is InChI=1S/C15H29N3O/c1-11-6-4-5-7-13(11)18(3)10-15(17-2,14(16)19)12-8-9-12/h11-13,17H,4-10H2,1-3H3,(H2,16,19). The van der Waals surface area contributed by atoms with Crippen molar-refractivity contribution in [3.63, 3.8) is 0 Å². The number of hydrogen-bond acceptors (Lipinski definition) is 3. The minimum absolute atomic E-state index is 0.187. The molecule has 19 heavy (non-hydrogen) atoms. The molecule has 2 rings (SSSR count). The quantitative estimate of drug-likeness (QED) is 0.764. The Morgan fingerprint density at radius 1 is 1.32 bits per heavy atom. The molecule has 3 unspecified atom stereocenters. The maximum absolute atomic E-state index is 12.0. The highest BCUT2D eigenvalue weighted by atomic mass is 16.1. The van der Waals surface area contributed by atoms with Crippen LogP contribution in [0.3, 0.4) is 0 Å². The van der Waals surface area contributed by atoms with E-state index in [1.54, 1.807) is 0 Å². The second-order valence-electron chi connectivity index (χ2n) is 6.60. The average molecular weight is 267 g/mol. The number of rotatable bonds is 6. The van der Waals surface area contributed by atoms with Gasteiger partial charge >= 0.3 is 0 Å². The monoisotopic (exact) mass is 267 g/mol. The summed E-state index contributed by atoms with van der Waals surface area (Å²) < 4.78 is 0.